The zero-order valence-corrected chi connectivity index (χ0v) is 10.7. The molecule has 92 valence electrons. The maximum atomic E-state index is 11.0. The molecule has 0 atom stereocenters. The van der Waals surface area contributed by atoms with Gasteiger partial charge in [-0.25, -0.2) is 0 Å². The molecule has 0 heterocycles. The van der Waals surface area contributed by atoms with Crippen LogP contribution < -0.4 is 10.6 Å². The minimum absolute atomic E-state index is 0.107. The van der Waals surface area contributed by atoms with Gasteiger partial charge in [0.05, 0.1) is 10.7 Å². The number of benzene rings is 1. The number of halogens is 1. The third-order valence-corrected chi connectivity index (χ3v) is 3.33. The van der Waals surface area contributed by atoms with Crippen LogP contribution in [0.5, 0.6) is 0 Å². The quantitative estimate of drug-likeness (QED) is 0.862. The van der Waals surface area contributed by atoms with Crippen LogP contribution in [0.1, 0.15) is 32.6 Å². The predicted molar refractivity (Wildman–Crippen MR) is 71.6 cm³/mol. The molecule has 0 aliphatic heterocycles. The molecule has 1 amide bonds. The Hall–Kier alpha value is -1.22. The minimum Gasteiger partial charge on any atom is -0.382 e. The molecular weight excluding hydrogens is 236 g/mol. The summed E-state index contributed by atoms with van der Waals surface area (Å²) in [5, 5.41) is 6.77. The van der Waals surface area contributed by atoms with Gasteiger partial charge in [0.15, 0.2) is 0 Å². The monoisotopic (exact) mass is 252 g/mol. The minimum atomic E-state index is -0.107. The van der Waals surface area contributed by atoms with Gasteiger partial charge in [-0.05, 0) is 31.0 Å². The summed E-state index contributed by atoms with van der Waals surface area (Å²) in [6, 6.07) is 6.21. The van der Waals surface area contributed by atoms with E-state index in [1.807, 2.05) is 18.2 Å². The van der Waals surface area contributed by atoms with Crippen LogP contribution in [0.25, 0.3) is 0 Å². The fourth-order valence-corrected chi connectivity index (χ4v) is 2.37. The van der Waals surface area contributed by atoms with Crippen LogP contribution in [0.15, 0.2) is 18.2 Å². The van der Waals surface area contributed by atoms with Crippen molar-refractivity contribution < 1.29 is 4.79 Å². The number of hydrogen-bond acceptors (Lipinski definition) is 2. The smallest absolute Gasteiger partial charge is 0.221 e. The third kappa shape index (κ3) is 3.37. The average Bonchev–Trinajstić information content (AvgIpc) is 2.75. The van der Waals surface area contributed by atoms with Crippen LogP contribution in [0.4, 0.5) is 11.4 Å². The standard InChI is InChI=1S/C13H17ClN2O/c1-9(17)15-13-8-11(6-7-12(13)14)16-10-4-2-3-5-10/h6-8,10,16H,2-5H2,1H3,(H,15,17). The van der Waals surface area contributed by atoms with Crippen LogP contribution in [0.2, 0.25) is 5.02 Å². The van der Waals surface area contributed by atoms with Gasteiger partial charge in [0.25, 0.3) is 0 Å². The summed E-state index contributed by atoms with van der Waals surface area (Å²) in [5.74, 6) is -0.107. The molecule has 1 aliphatic rings. The summed E-state index contributed by atoms with van der Waals surface area (Å²) in [6.07, 6.45) is 5.03. The average molecular weight is 253 g/mol. The summed E-state index contributed by atoms with van der Waals surface area (Å²) in [6.45, 7) is 1.48. The van der Waals surface area contributed by atoms with Crippen molar-refractivity contribution in [1.29, 1.82) is 0 Å². The molecule has 0 bridgehead atoms. The Morgan fingerprint density at radius 1 is 1.35 bits per heavy atom. The maximum absolute atomic E-state index is 11.0. The van der Waals surface area contributed by atoms with Crippen molar-refractivity contribution in [2.24, 2.45) is 0 Å². The van der Waals surface area contributed by atoms with Gasteiger partial charge >= 0.3 is 0 Å². The van der Waals surface area contributed by atoms with E-state index in [1.54, 1.807) is 0 Å². The molecule has 0 aromatic heterocycles. The lowest BCUT2D eigenvalue weighted by molar-refractivity contribution is -0.114. The van der Waals surface area contributed by atoms with Crippen molar-refractivity contribution in [3.63, 3.8) is 0 Å². The van der Waals surface area contributed by atoms with Gasteiger partial charge in [-0.1, -0.05) is 24.4 Å². The van der Waals surface area contributed by atoms with Gasteiger partial charge in [-0.3, -0.25) is 4.79 Å². The fraction of sp³-hybridized carbons (Fsp3) is 0.462. The van der Waals surface area contributed by atoms with Crippen LogP contribution in [0, 0.1) is 0 Å². The molecule has 2 rings (SSSR count). The summed E-state index contributed by atoms with van der Waals surface area (Å²) in [5.41, 5.74) is 1.69. The molecule has 1 aliphatic carbocycles. The second-order valence-corrected chi connectivity index (χ2v) is 4.91. The first-order valence-electron chi connectivity index (χ1n) is 5.99. The third-order valence-electron chi connectivity index (χ3n) is 3.00. The normalized spacial score (nSPS) is 15.9. The lowest BCUT2D eigenvalue weighted by Crippen LogP contribution is -2.15. The first kappa shape index (κ1) is 12.2. The highest BCUT2D eigenvalue weighted by molar-refractivity contribution is 6.33. The van der Waals surface area contributed by atoms with E-state index in [1.165, 1.54) is 32.6 Å². The van der Waals surface area contributed by atoms with E-state index in [2.05, 4.69) is 10.6 Å². The summed E-state index contributed by atoms with van der Waals surface area (Å²) in [4.78, 5) is 11.0. The molecule has 1 saturated carbocycles. The fourth-order valence-electron chi connectivity index (χ4n) is 2.21. The van der Waals surface area contributed by atoms with Gasteiger partial charge in [-0.15, -0.1) is 0 Å². The highest BCUT2D eigenvalue weighted by Crippen LogP contribution is 2.28. The molecule has 0 radical (unpaired) electrons. The SMILES string of the molecule is CC(=O)Nc1cc(NC2CCCC2)ccc1Cl. The topological polar surface area (TPSA) is 41.1 Å². The first-order chi connectivity index (χ1) is 8.15. The number of carbonyl (C=O) groups excluding carboxylic acids is 1. The lowest BCUT2D eigenvalue weighted by Gasteiger charge is -2.15. The van der Waals surface area contributed by atoms with Crippen molar-refractivity contribution in [2.75, 3.05) is 10.6 Å². The first-order valence-corrected chi connectivity index (χ1v) is 6.36. The molecular formula is C13H17ClN2O. The predicted octanol–water partition coefficient (Wildman–Crippen LogP) is 3.65. The number of carbonyl (C=O) groups is 1. The molecule has 1 fully saturated rings. The van der Waals surface area contributed by atoms with Crippen LogP contribution >= 0.6 is 11.6 Å². The van der Waals surface area contributed by atoms with E-state index in [0.29, 0.717) is 16.8 Å². The van der Waals surface area contributed by atoms with Crippen molar-refractivity contribution in [1.82, 2.24) is 0 Å². The van der Waals surface area contributed by atoms with Gasteiger partial charge < -0.3 is 10.6 Å². The van der Waals surface area contributed by atoms with E-state index < -0.39 is 0 Å². The Bertz CT molecular complexity index is 414. The Morgan fingerprint density at radius 2 is 2.06 bits per heavy atom. The second-order valence-electron chi connectivity index (χ2n) is 4.50. The molecule has 2 N–H and O–H groups in total. The van der Waals surface area contributed by atoms with Crippen molar-refractivity contribution in [2.45, 2.75) is 38.6 Å². The van der Waals surface area contributed by atoms with Gasteiger partial charge in [-0.2, -0.15) is 0 Å². The zero-order chi connectivity index (χ0) is 12.3. The molecule has 0 spiro atoms. The van der Waals surface area contributed by atoms with Crippen LogP contribution in [-0.4, -0.2) is 11.9 Å². The maximum Gasteiger partial charge on any atom is 0.221 e. The highest BCUT2D eigenvalue weighted by atomic mass is 35.5. The Labute approximate surface area is 107 Å². The largest absolute Gasteiger partial charge is 0.382 e. The van der Waals surface area contributed by atoms with Gasteiger partial charge in [0.2, 0.25) is 5.91 Å². The molecule has 17 heavy (non-hydrogen) atoms. The summed E-state index contributed by atoms with van der Waals surface area (Å²) < 4.78 is 0. The van der Waals surface area contributed by atoms with E-state index in [0.717, 1.165) is 5.69 Å². The lowest BCUT2D eigenvalue weighted by atomic mass is 10.2. The van der Waals surface area contributed by atoms with Crippen LogP contribution in [-0.2, 0) is 4.79 Å². The summed E-state index contributed by atoms with van der Waals surface area (Å²) in [7, 11) is 0. The number of amides is 1. The van der Waals surface area contributed by atoms with E-state index in [9.17, 15) is 4.79 Å². The number of anilines is 2. The van der Waals surface area contributed by atoms with Crippen molar-refractivity contribution in [3.05, 3.63) is 23.2 Å². The van der Waals surface area contributed by atoms with Crippen molar-refractivity contribution >= 4 is 28.9 Å². The van der Waals surface area contributed by atoms with E-state index in [4.69, 9.17) is 11.6 Å². The molecule has 0 saturated heterocycles. The Balaban J connectivity index is 2.09. The summed E-state index contributed by atoms with van der Waals surface area (Å²) >= 11 is 6.01. The van der Waals surface area contributed by atoms with E-state index >= 15 is 0 Å². The number of rotatable bonds is 3. The molecule has 0 unspecified atom stereocenters. The molecule has 1 aromatic rings. The highest BCUT2D eigenvalue weighted by Gasteiger charge is 2.14. The van der Waals surface area contributed by atoms with E-state index in [-0.39, 0.29) is 5.91 Å². The van der Waals surface area contributed by atoms with Gasteiger partial charge in [0, 0.05) is 18.7 Å². The zero-order valence-electron chi connectivity index (χ0n) is 9.92. The second kappa shape index (κ2) is 5.41. The molecule has 4 heteroatoms. The number of nitrogens with one attached hydrogen (secondary N) is 2. The van der Waals surface area contributed by atoms with Gasteiger partial charge in [0.1, 0.15) is 0 Å². The van der Waals surface area contributed by atoms with Crippen molar-refractivity contribution in [3.8, 4) is 0 Å². The molecule has 3 nitrogen and oxygen atoms in total. The Morgan fingerprint density at radius 3 is 2.71 bits per heavy atom. The molecule has 1 aromatic carbocycles. The Kier molecular flexibility index (Phi) is 3.89. The van der Waals surface area contributed by atoms with Crippen LogP contribution in [0.3, 0.4) is 0 Å². The number of hydrogen-bond donors (Lipinski definition) is 2.